The Hall–Kier alpha value is -1.35. The Balaban J connectivity index is 0.00000385. The molecule has 7 heteroatoms. The van der Waals surface area contributed by atoms with Crippen LogP contribution in [-0.2, 0) is 11.2 Å². The van der Waals surface area contributed by atoms with Gasteiger partial charge in [-0.3, -0.25) is 4.79 Å². The summed E-state index contributed by atoms with van der Waals surface area (Å²) in [5.41, 5.74) is 1.40. The van der Waals surface area contributed by atoms with Gasteiger partial charge in [0.2, 0.25) is 5.91 Å². The first-order chi connectivity index (χ1) is 15.5. The fourth-order valence-electron chi connectivity index (χ4n) is 4.87. The minimum absolute atomic E-state index is 0. The van der Waals surface area contributed by atoms with Gasteiger partial charge in [-0.25, -0.2) is 4.99 Å². The lowest BCUT2D eigenvalue weighted by Crippen LogP contribution is -2.49. The number of carbonyl (C=O) groups is 1. The zero-order chi connectivity index (χ0) is 22.8. The van der Waals surface area contributed by atoms with Crippen molar-refractivity contribution in [3.63, 3.8) is 0 Å². The van der Waals surface area contributed by atoms with Crippen LogP contribution in [0.2, 0.25) is 0 Å². The number of aliphatic imine (C=N–C) groups is 1. The van der Waals surface area contributed by atoms with Gasteiger partial charge in [0.1, 0.15) is 6.54 Å². The zero-order valence-electron chi connectivity index (χ0n) is 20.8. The first kappa shape index (κ1) is 27.9. The number of guanidine groups is 1. The maximum Gasteiger partial charge on any atom is 0.244 e. The van der Waals surface area contributed by atoms with Crippen molar-refractivity contribution >= 4 is 35.8 Å². The molecular weight excluding hydrogens is 525 g/mol. The van der Waals surface area contributed by atoms with Crippen molar-refractivity contribution in [2.75, 3.05) is 45.8 Å². The highest BCUT2D eigenvalue weighted by molar-refractivity contribution is 14.0. The molecular formula is C26H44IN5O. The zero-order valence-corrected chi connectivity index (χ0v) is 23.1. The molecule has 0 aliphatic carbocycles. The van der Waals surface area contributed by atoms with E-state index in [4.69, 9.17) is 0 Å². The SMILES string of the molecule is CCNC(=NCC(=O)N1CCC(Cc2ccccc2)CC1)NC1CCN(CC(C)C)CC1.I. The molecule has 0 radical (unpaired) electrons. The lowest BCUT2D eigenvalue weighted by molar-refractivity contribution is -0.130. The fraction of sp³-hybridized carbons (Fsp3) is 0.692. The van der Waals surface area contributed by atoms with Gasteiger partial charge >= 0.3 is 0 Å². The number of likely N-dealkylation sites (tertiary alicyclic amines) is 2. The van der Waals surface area contributed by atoms with E-state index < -0.39 is 0 Å². The second kappa shape index (κ2) is 14.8. The minimum Gasteiger partial charge on any atom is -0.357 e. The molecule has 33 heavy (non-hydrogen) atoms. The summed E-state index contributed by atoms with van der Waals surface area (Å²) < 4.78 is 0. The molecule has 0 aromatic heterocycles. The summed E-state index contributed by atoms with van der Waals surface area (Å²) in [5.74, 6) is 2.31. The van der Waals surface area contributed by atoms with E-state index in [1.165, 1.54) is 12.1 Å². The number of benzene rings is 1. The lowest BCUT2D eigenvalue weighted by atomic mass is 9.90. The van der Waals surface area contributed by atoms with E-state index in [-0.39, 0.29) is 36.4 Å². The van der Waals surface area contributed by atoms with Crippen molar-refractivity contribution in [1.82, 2.24) is 20.4 Å². The Morgan fingerprint density at radius 3 is 2.33 bits per heavy atom. The number of halogens is 1. The maximum absolute atomic E-state index is 12.8. The van der Waals surface area contributed by atoms with Crippen LogP contribution in [0.25, 0.3) is 0 Å². The Kier molecular flexibility index (Phi) is 12.5. The standard InChI is InChI=1S/C26H43N5O.HI/c1-4-27-26(29-24-12-14-30(15-13-24)20-21(2)3)28-19-25(32)31-16-10-23(11-17-31)18-22-8-6-5-7-9-22;/h5-9,21,23-24H,4,10-20H2,1-3H3,(H2,27,28,29);1H. The maximum atomic E-state index is 12.8. The van der Waals surface area contributed by atoms with Crippen LogP contribution in [-0.4, -0.2) is 73.5 Å². The average molecular weight is 570 g/mol. The molecule has 2 aliphatic rings. The highest BCUT2D eigenvalue weighted by atomic mass is 127. The van der Waals surface area contributed by atoms with Crippen molar-refractivity contribution in [3.8, 4) is 0 Å². The predicted octanol–water partition coefficient (Wildman–Crippen LogP) is 3.76. The Bertz CT molecular complexity index is 711. The van der Waals surface area contributed by atoms with E-state index in [1.54, 1.807) is 0 Å². The third-order valence-corrected chi connectivity index (χ3v) is 6.60. The second-order valence-electron chi connectivity index (χ2n) is 9.82. The molecule has 2 heterocycles. The summed E-state index contributed by atoms with van der Waals surface area (Å²) >= 11 is 0. The second-order valence-corrected chi connectivity index (χ2v) is 9.82. The molecule has 186 valence electrons. The largest absolute Gasteiger partial charge is 0.357 e. The number of rotatable bonds is 8. The molecule has 2 fully saturated rings. The lowest BCUT2D eigenvalue weighted by Gasteiger charge is -2.34. The summed E-state index contributed by atoms with van der Waals surface area (Å²) in [6, 6.07) is 11.1. The van der Waals surface area contributed by atoms with Crippen LogP contribution >= 0.6 is 24.0 Å². The number of hydrogen-bond donors (Lipinski definition) is 2. The molecule has 2 N–H and O–H groups in total. The quantitative estimate of drug-likeness (QED) is 0.285. The Morgan fingerprint density at radius 2 is 1.73 bits per heavy atom. The van der Waals surface area contributed by atoms with E-state index in [1.807, 2.05) is 4.90 Å². The number of hydrogen-bond acceptors (Lipinski definition) is 3. The highest BCUT2D eigenvalue weighted by Crippen LogP contribution is 2.21. The summed E-state index contributed by atoms with van der Waals surface area (Å²) in [4.78, 5) is 21.9. The van der Waals surface area contributed by atoms with Crippen molar-refractivity contribution in [2.45, 2.75) is 58.9 Å². The third kappa shape index (κ3) is 9.81. The first-order valence-corrected chi connectivity index (χ1v) is 12.6. The topological polar surface area (TPSA) is 60.0 Å². The molecule has 0 spiro atoms. The number of nitrogens with one attached hydrogen (secondary N) is 2. The van der Waals surface area contributed by atoms with E-state index in [0.29, 0.717) is 17.9 Å². The monoisotopic (exact) mass is 569 g/mol. The van der Waals surface area contributed by atoms with Crippen LogP contribution in [0.3, 0.4) is 0 Å². The van der Waals surface area contributed by atoms with Gasteiger partial charge in [0, 0.05) is 45.3 Å². The summed E-state index contributed by atoms with van der Waals surface area (Å²) in [6.45, 7) is 12.8. The van der Waals surface area contributed by atoms with Gasteiger partial charge in [-0.15, -0.1) is 24.0 Å². The molecule has 0 saturated carbocycles. The molecule has 0 bridgehead atoms. The summed E-state index contributed by atoms with van der Waals surface area (Å²) in [5, 5.41) is 6.89. The molecule has 6 nitrogen and oxygen atoms in total. The Labute approximate surface area is 218 Å². The normalized spacial score (nSPS) is 18.8. The van der Waals surface area contributed by atoms with Crippen LogP contribution in [0.1, 0.15) is 52.0 Å². The smallest absolute Gasteiger partial charge is 0.244 e. The number of nitrogens with zero attached hydrogens (tertiary/aromatic N) is 3. The minimum atomic E-state index is 0. The van der Waals surface area contributed by atoms with Gasteiger partial charge in [-0.1, -0.05) is 44.2 Å². The average Bonchev–Trinajstić information content (AvgIpc) is 2.79. The van der Waals surface area contributed by atoms with E-state index in [9.17, 15) is 4.79 Å². The summed E-state index contributed by atoms with van der Waals surface area (Å²) in [6.07, 6.45) is 5.53. The number of carbonyl (C=O) groups excluding carboxylic acids is 1. The van der Waals surface area contributed by atoms with E-state index in [0.717, 1.165) is 70.8 Å². The van der Waals surface area contributed by atoms with Crippen LogP contribution in [0.5, 0.6) is 0 Å². The van der Waals surface area contributed by atoms with Crippen LogP contribution in [0, 0.1) is 11.8 Å². The van der Waals surface area contributed by atoms with E-state index >= 15 is 0 Å². The van der Waals surface area contributed by atoms with Gasteiger partial charge in [0.05, 0.1) is 0 Å². The summed E-state index contributed by atoms with van der Waals surface area (Å²) in [7, 11) is 0. The molecule has 0 unspecified atom stereocenters. The molecule has 2 aliphatic heterocycles. The molecule has 2 saturated heterocycles. The Morgan fingerprint density at radius 1 is 1.06 bits per heavy atom. The van der Waals surface area contributed by atoms with Gasteiger partial charge in [0.15, 0.2) is 5.96 Å². The van der Waals surface area contributed by atoms with Crippen LogP contribution < -0.4 is 10.6 Å². The molecule has 0 atom stereocenters. The van der Waals surface area contributed by atoms with Crippen molar-refractivity contribution in [2.24, 2.45) is 16.8 Å². The van der Waals surface area contributed by atoms with Crippen molar-refractivity contribution in [1.29, 1.82) is 0 Å². The highest BCUT2D eigenvalue weighted by Gasteiger charge is 2.23. The first-order valence-electron chi connectivity index (χ1n) is 12.6. The van der Waals surface area contributed by atoms with Crippen molar-refractivity contribution < 1.29 is 4.79 Å². The van der Waals surface area contributed by atoms with Gasteiger partial charge in [-0.2, -0.15) is 0 Å². The molecule has 1 amide bonds. The van der Waals surface area contributed by atoms with E-state index in [2.05, 4.69) is 71.6 Å². The predicted molar refractivity (Wildman–Crippen MR) is 148 cm³/mol. The number of amides is 1. The molecule has 3 rings (SSSR count). The third-order valence-electron chi connectivity index (χ3n) is 6.60. The van der Waals surface area contributed by atoms with Crippen molar-refractivity contribution in [3.05, 3.63) is 35.9 Å². The van der Waals surface area contributed by atoms with Gasteiger partial charge in [-0.05, 0) is 56.4 Å². The van der Waals surface area contributed by atoms with Gasteiger partial charge in [0.25, 0.3) is 0 Å². The molecule has 1 aromatic rings. The number of piperidine rings is 2. The van der Waals surface area contributed by atoms with Crippen LogP contribution in [0.4, 0.5) is 0 Å². The fourth-order valence-corrected chi connectivity index (χ4v) is 4.87. The van der Waals surface area contributed by atoms with Crippen LogP contribution in [0.15, 0.2) is 35.3 Å². The van der Waals surface area contributed by atoms with Gasteiger partial charge < -0.3 is 20.4 Å². The molecule has 1 aromatic carbocycles.